The Morgan fingerprint density at radius 2 is 2.31 bits per heavy atom. The van der Waals surface area contributed by atoms with Gasteiger partial charge in [0, 0.05) is 12.1 Å². The Kier molecular flexibility index (Phi) is 4.04. The molecule has 0 saturated carbocycles. The van der Waals surface area contributed by atoms with Crippen molar-refractivity contribution in [1.82, 2.24) is 0 Å². The van der Waals surface area contributed by atoms with Gasteiger partial charge in [-0.25, -0.2) is 0 Å². The number of nitrogens with zero attached hydrogens (tertiary/aromatic N) is 1. The molecule has 0 radical (unpaired) electrons. The second kappa shape index (κ2) is 5.51. The smallest absolute Gasteiger partial charge is 0.270 e. The Balaban J connectivity index is 3.20. The first-order chi connectivity index (χ1) is 7.69. The lowest BCUT2D eigenvalue weighted by Crippen LogP contribution is -1.96. The lowest BCUT2D eigenvalue weighted by atomic mass is 10.2. The second-order valence-corrected chi connectivity index (χ2v) is 2.76. The maximum absolute atomic E-state index is 10.5. The first kappa shape index (κ1) is 11.7. The highest BCUT2D eigenvalue weighted by Crippen LogP contribution is 2.23. The molecule has 0 unspecified atom stereocenters. The molecule has 5 nitrogen and oxygen atoms in total. The van der Waals surface area contributed by atoms with Gasteiger partial charge in [0.1, 0.15) is 5.75 Å². The molecule has 0 spiro atoms. The molecule has 0 bridgehead atoms. The van der Waals surface area contributed by atoms with Gasteiger partial charge in [-0.2, -0.15) is 0 Å². The molecule has 0 aliphatic rings. The summed E-state index contributed by atoms with van der Waals surface area (Å²) in [4.78, 5) is 20.1. The average molecular weight is 219 g/mol. The Morgan fingerprint density at radius 1 is 1.56 bits per heavy atom. The van der Waals surface area contributed by atoms with Crippen LogP contribution in [0.4, 0.5) is 5.69 Å². The highest BCUT2D eigenvalue weighted by Gasteiger charge is 2.09. The van der Waals surface area contributed by atoms with Crippen molar-refractivity contribution in [1.29, 1.82) is 0 Å². The molecule has 1 aromatic rings. The third-order valence-corrected chi connectivity index (χ3v) is 1.74. The van der Waals surface area contributed by atoms with Crippen LogP contribution in [-0.2, 0) is 4.79 Å². The van der Waals surface area contributed by atoms with E-state index in [1.165, 1.54) is 18.2 Å². The van der Waals surface area contributed by atoms with E-state index < -0.39 is 4.92 Å². The zero-order valence-electron chi connectivity index (χ0n) is 8.60. The summed E-state index contributed by atoms with van der Waals surface area (Å²) in [5.41, 5.74) is 0.252. The van der Waals surface area contributed by atoms with Crippen LogP contribution in [0.3, 0.4) is 0 Å². The molecule has 1 rings (SSSR count). The zero-order valence-corrected chi connectivity index (χ0v) is 8.60. The third-order valence-electron chi connectivity index (χ3n) is 1.74. The van der Waals surface area contributed by atoms with Gasteiger partial charge in [-0.15, -0.1) is 0 Å². The van der Waals surface area contributed by atoms with Gasteiger partial charge in [-0.1, -0.05) is 5.92 Å². The van der Waals surface area contributed by atoms with Gasteiger partial charge >= 0.3 is 0 Å². The van der Waals surface area contributed by atoms with Crippen LogP contribution in [0.5, 0.6) is 5.75 Å². The van der Waals surface area contributed by atoms with Crippen molar-refractivity contribution in [3.8, 4) is 17.6 Å². The molecular formula is C11H9NO4. The van der Waals surface area contributed by atoms with E-state index >= 15 is 0 Å². The standard InChI is InChI=1S/C11H9NO4/c1-2-16-11-6-5-10(12(14)15)8-9(11)4-3-7-13/h5-8H,2H2,1H3. The lowest BCUT2D eigenvalue weighted by Gasteiger charge is -2.04. The van der Waals surface area contributed by atoms with Gasteiger partial charge in [0.25, 0.3) is 5.69 Å². The van der Waals surface area contributed by atoms with E-state index in [-0.39, 0.29) is 5.69 Å². The maximum atomic E-state index is 10.5. The minimum atomic E-state index is -0.526. The van der Waals surface area contributed by atoms with Crippen molar-refractivity contribution < 1.29 is 14.5 Å². The fourth-order valence-electron chi connectivity index (χ4n) is 1.12. The first-order valence-electron chi connectivity index (χ1n) is 4.55. The Hall–Kier alpha value is -2.35. The van der Waals surface area contributed by atoms with E-state index in [1.807, 2.05) is 0 Å². The van der Waals surface area contributed by atoms with Crippen molar-refractivity contribution in [3.63, 3.8) is 0 Å². The van der Waals surface area contributed by atoms with E-state index in [9.17, 15) is 14.9 Å². The van der Waals surface area contributed by atoms with E-state index in [1.54, 1.807) is 6.92 Å². The molecule has 0 aliphatic carbocycles. The molecule has 0 heterocycles. The highest BCUT2D eigenvalue weighted by atomic mass is 16.6. The molecule has 0 N–H and O–H groups in total. The number of carbonyl (C=O) groups is 1. The fourth-order valence-corrected chi connectivity index (χ4v) is 1.12. The van der Waals surface area contributed by atoms with Gasteiger partial charge < -0.3 is 4.74 Å². The number of carbonyl (C=O) groups excluding carboxylic acids is 1. The molecule has 5 heteroatoms. The summed E-state index contributed by atoms with van der Waals surface area (Å²) in [6, 6.07) is 4.08. The predicted molar refractivity (Wildman–Crippen MR) is 57.2 cm³/mol. The van der Waals surface area contributed by atoms with Crippen LogP contribution in [0.1, 0.15) is 12.5 Å². The summed E-state index contributed by atoms with van der Waals surface area (Å²) in [5.74, 6) is 5.12. The summed E-state index contributed by atoms with van der Waals surface area (Å²) < 4.78 is 5.23. The van der Waals surface area contributed by atoms with Gasteiger partial charge in [-0.3, -0.25) is 14.9 Å². The largest absolute Gasteiger partial charge is 0.493 e. The van der Waals surface area contributed by atoms with Crippen LogP contribution in [0.2, 0.25) is 0 Å². The summed E-state index contributed by atoms with van der Waals surface area (Å²) in [5, 5.41) is 10.5. The Morgan fingerprint density at radius 3 is 2.88 bits per heavy atom. The molecule has 0 fully saturated rings. The molecule has 82 valence electrons. The first-order valence-corrected chi connectivity index (χ1v) is 4.55. The molecule has 0 atom stereocenters. The molecule has 0 amide bonds. The molecule has 0 saturated heterocycles. The zero-order chi connectivity index (χ0) is 12.0. The molecule has 1 aromatic carbocycles. The number of rotatable bonds is 3. The van der Waals surface area contributed by atoms with Crippen molar-refractivity contribution >= 4 is 12.0 Å². The molecule has 0 aliphatic heterocycles. The van der Waals surface area contributed by atoms with Crippen LogP contribution >= 0.6 is 0 Å². The van der Waals surface area contributed by atoms with Gasteiger partial charge in [0.05, 0.1) is 17.1 Å². The number of hydrogen-bond acceptors (Lipinski definition) is 4. The van der Waals surface area contributed by atoms with Gasteiger partial charge in [0.2, 0.25) is 0 Å². The summed E-state index contributed by atoms with van der Waals surface area (Å²) >= 11 is 0. The van der Waals surface area contributed by atoms with E-state index in [2.05, 4.69) is 11.8 Å². The quantitative estimate of drug-likeness (QED) is 0.334. The third kappa shape index (κ3) is 2.82. The van der Waals surface area contributed by atoms with Crippen LogP contribution in [0, 0.1) is 22.0 Å². The summed E-state index contributed by atoms with van der Waals surface area (Å²) in [7, 11) is 0. The second-order valence-electron chi connectivity index (χ2n) is 2.76. The van der Waals surface area contributed by atoms with Crippen LogP contribution in [0.15, 0.2) is 18.2 Å². The Bertz CT molecular complexity index is 471. The van der Waals surface area contributed by atoms with Crippen molar-refractivity contribution in [2.45, 2.75) is 6.92 Å². The Labute approximate surface area is 92.2 Å². The number of nitro benzene ring substituents is 1. The number of nitro groups is 1. The lowest BCUT2D eigenvalue weighted by molar-refractivity contribution is -0.384. The van der Waals surface area contributed by atoms with Gasteiger partial charge in [0.15, 0.2) is 6.29 Å². The van der Waals surface area contributed by atoms with Crippen LogP contribution in [-0.4, -0.2) is 17.8 Å². The van der Waals surface area contributed by atoms with Crippen molar-refractivity contribution in [2.24, 2.45) is 0 Å². The fraction of sp³-hybridized carbons (Fsp3) is 0.182. The number of non-ortho nitro benzene ring substituents is 1. The van der Waals surface area contributed by atoms with Crippen molar-refractivity contribution in [2.75, 3.05) is 6.61 Å². The topological polar surface area (TPSA) is 69.4 Å². The maximum Gasteiger partial charge on any atom is 0.270 e. The van der Waals surface area contributed by atoms with Gasteiger partial charge in [-0.05, 0) is 18.9 Å². The number of benzene rings is 1. The summed E-state index contributed by atoms with van der Waals surface area (Å²) in [6.07, 6.45) is 0.425. The van der Waals surface area contributed by atoms with Crippen LogP contribution < -0.4 is 4.74 Å². The highest BCUT2D eigenvalue weighted by molar-refractivity contribution is 5.74. The normalized spacial score (nSPS) is 8.81. The predicted octanol–water partition coefficient (Wildman–Crippen LogP) is 1.54. The minimum absolute atomic E-state index is 0.0846. The molecular weight excluding hydrogens is 210 g/mol. The van der Waals surface area contributed by atoms with Crippen LogP contribution in [0.25, 0.3) is 0 Å². The SMILES string of the molecule is CCOc1ccc([N+](=O)[O-])cc1C#CC=O. The average Bonchev–Trinajstić information content (AvgIpc) is 2.27. The number of ether oxygens (including phenoxy) is 1. The van der Waals surface area contributed by atoms with E-state index in [0.29, 0.717) is 24.2 Å². The number of aldehydes is 1. The van der Waals surface area contributed by atoms with Crippen molar-refractivity contribution in [3.05, 3.63) is 33.9 Å². The van der Waals surface area contributed by atoms with E-state index in [4.69, 9.17) is 4.74 Å². The molecule has 16 heavy (non-hydrogen) atoms. The number of hydrogen-bond donors (Lipinski definition) is 0. The van der Waals surface area contributed by atoms with E-state index in [0.717, 1.165) is 0 Å². The summed E-state index contributed by atoms with van der Waals surface area (Å²) in [6.45, 7) is 2.21. The molecule has 0 aromatic heterocycles. The minimum Gasteiger partial charge on any atom is -0.493 e. The monoisotopic (exact) mass is 219 g/mol.